The lowest BCUT2D eigenvalue weighted by molar-refractivity contribution is 0.0939. The number of carbonyl (C=O) groups excluding carboxylic acids is 1. The molecule has 0 fully saturated rings. The molecule has 0 bridgehead atoms. The molecule has 1 aromatic heterocycles. The van der Waals surface area contributed by atoms with Gasteiger partial charge < -0.3 is 5.32 Å². The van der Waals surface area contributed by atoms with Gasteiger partial charge in [0.05, 0.1) is 5.69 Å². The molecule has 1 heterocycles. The summed E-state index contributed by atoms with van der Waals surface area (Å²) in [5, 5.41) is 10.2. The molecule has 6 nitrogen and oxygen atoms in total. The Bertz CT molecular complexity index is 907. The number of amides is 1. The van der Waals surface area contributed by atoms with Crippen molar-refractivity contribution in [2.45, 2.75) is 13.3 Å². The first-order chi connectivity index (χ1) is 12.7. The van der Waals surface area contributed by atoms with Crippen LogP contribution in [0.15, 0.2) is 60.7 Å². The van der Waals surface area contributed by atoms with Crippen LogP contribution in [0.2, 0.25) is 0 Å². The maximum atomic E-state index is 12.2. The second kappa shape index (κ2) is 8.26. The normalized spacial score (nSPS) is 10.2. The maximum Gasteiger partial charge on any atom is 0.287 e. The average molecular weight is 365 g/mol. The van der Waals surface area contributed by atoms with E-state index in [1.54, 1.807) is 6.07 Å². The summed E-state index contributed by atoms with van der Waals surface area (Å²) in [5.74, 6) is -0.355. The number of thiocarbonyl (C=S) groups is 1. The van der Waals surface area contributed by atoms with Crippen molar-refractivity contribution in [3.05, 3.63) is 71.9 Å². The van der Waals surface area contributed by atoms with Crippen LogP contribution < -0.4 is 16.2 Å². The third kappa shape index (κ3) is 4.46. The summed E-state index contributed by atoms with van der Waals surface area (Å²) in [6.45, 7) is 2.09. The fraction of sp³-hybridized carbons (Fsp3) is 0.105. The third-order valence-electron chi connectivity index (χ3n) is 3.77. The van der Waals surface area contributed by atoms with Crippen LogP contribution >= 0.6 is 12.2 Å². The fourth-order valence-corrected chi connectivity index (χ4v) is 2.58. The maximum absolute atomic E-state index is 12.2. The Morgan fingerprint density at radius 1 is 1.08 bits per heavy atom. The number of hydrogen-bond donors (Lipinski definition) is 4. The predicted octanol–water partition coefficient (Wildman–Crippen LogP) is 3.27. The summed E-state index contributed by atoms with van der Waals surface area (Å²) >= 11 is 5.20. The van der Waals surface area contributed by atoms with Gasteiger partial charge in [0.15, 0.2) is 5.11 Å². The number of H-pyrrole nitrogens is 1. The summed E-state index contributed by atoms with van der Waals surface area (Å²) in [6, 6.07) is 19.2. The number of aryl methyl sites for hydroxylation is 1. The lowest BCUT2D eigenvalue weighted by Crippen LogP contribution is -2.43. The lowest BCUT2D eigenvalue weighted by Gasteiger charge is -2.11. The van der Waals surface area contributed by atoms with Gasteiger partial charge in [-0.15, -0.1) is 0 Å². The van der Waals surface area contributed by atoms with Crippen molar-refractivity contribution in [1.29, 1.82) is 0 Å². The number of hydrogen-bond acceptors (Lipinski definition) is 3. The van der Waals surface area contributed by atoms with E-state index in [9.17, 15) is 4.79 Å². The van der Waals surface area contributed by atoms with Crippen LogP contribution in [-0.2, 0) is 6.42 Å². The molecular formula is C19H19N5OS. The van der Waals surface area contributed by atoms with E-state index in [4.69, 9.17) is 12.2 Å². The zero-order valence-electron chi connectivity index (χ0n) is 14.2. The van der Waals surface area contributed by atoms with Crippen molar-refractivity contribution in [2.24, 2.45) is 0 Å². The van der Waals surface area contributed by atoms with Crippen LogP contribution in [0.3, 0.4) is 0 Å². The molecule has 0 saturated heterocycles. The number of benzene rings is 2. The highest BCUT2D eigenvalue weighted by Crippen LogP contribution is 2.16. The van der Waals surface area contributed by atoms with Crippen molar-refractivity contribution in [3.63, 3.8) is 0 Å². The van der Waals surface area contributed by atoms with E-state index in [0.717, 1.165) is 17.7 Å². The molecule has 0 unspecified atom stereocenters. The largest absolute Gasteiger partial charge is 0.331 e. The SMILES string of the molecule is CCc1cccc(NC(=S)NNC(=O)c2cc(-c3ccccc3)n[nH]2)c1. The van der Waals surface area contributed by atoms with E-state index in [2.05, 4.69) is 33.3 Å². The Balaban J connectivity index is 1.55. The molecule has 4 N–H and O–H groups in total. The molecule has 0 aliphatic rings. The molecule has 0 spiro atoms. The molecule has 1 amide bonds. The zero-order valence-corrected chi connectivity index (χ0v) is 15.1. The minimum atomic E-state index is -0.355. The van der Waals surface area contributed by atoms with Gasteiger partial charge in [-0.1, -0.05) is 49.4 Å². The van der Waals surface area contributed by atoms with Crippen LogP contribution in [0.1, 0.15) is 23.0 Å². The van der Waals surface area contributed by atoms with Crippen LogP contribution in [0, 0.1) is 0 Å². The van der Waals surface area contributed by atoms with Gasteiger partial charge in [0.1, 0.15) is 5.69 Å². The Labute approximate surface area is 157 Å². The molecule has 132 valence electrons. The van der Waals surface area contributed by atoms with Gasteiger partial charge in [-0.3, -0.25) is 20.7 Å². The summed E-state index contributed by atoms with van der Waals surface area (Å²) in [6.07, 6.45) is 0.940. The van der Waals surface area contributed by atoms with Gasteiger partial charge in [0, 0.05) is 11.3 Å². The van der Waals surface area contributed by atoms with Crippen LogP contribution in [-0.4, -0.2) is 21.2 Å². The highest BCUT2D eigenvalue weighted by Gasteiger charge is 2.11. The fourth-order valence-electron chi connectivity index (χ4n) is 2.41. The Kier molecular flexibility index (Phi) is 5.60. The van der Waals surface area contributed by atoms with Crippen molar-refractivity contribution >= 4 is 28.9 Å². The van der Waals surface area contributed by atoms with E-state index < -0.39 is 0 Å². The van der Waals surface area contributed by atoms with E-state index in [0.29, 0.717) is 16.5 Å². The molecule has 0 radical (unpaired) electrons. The number of nitrogens with zero attached hydrogens (tertiary/aromatic N) is 1. The second-order valence-corrected chi connectivity index (χ2v) is 6.03. The van der Waals surface area contributed by atoms with Gasteiger partial charge in [-0.2, -0.15) is 5.10 Å². The summed E-state index contributed by atoms with van der Waals surface area (Å²) < 4.78 is 0. The molecule has 26 heavy (non-hydrogen) atoms. The van der Waals surface area contributed by atoms with E-state index in [-0.39, 0.29) is 5.91 Å². The summed E-state index contributed by atoms with van der Waals surface area (Å²) in [7, 11) is 0. The van der Waals surface area contributed by atoms with Gasteiger partial charge in [-0.25, -0.2) is 0 Å². The average Bonchev–Trinajstić information content (AvgIpc) is 3.17. The first-order valence-corrected chi connectivity index (χ1v) is 8.63. The third-order valence-corrected chi connectivity index (χ3v) is 3.98. The van der Waals surface area contributed by atoms with Crippen LogP contribution in [0.5, 0.6) is 0 Å². The van der Waals surface area contributed by atoms with Gasteiger partial charge in [-0.05, 0) is 42.4 Å². The quantitative estimate of drug-likeness (QED) is 0.421. The van der Waals surface area contributed by atoms with E-state index in [1.807, 2.05) is 54.6 Å². The first kappa shape index (κ1) is 17.6. The number of anilines is 1. The molecule has 0 aliphatic carbocycles. The van der Waals surface area contributed by atoms with Gasteiger partial charge in [0.2, 0.25) is 0 Å². The number of carbonyl (C=O) groups is 1. The van der Waals surface area contributed by atoms with Crippen molar-refractivity contribution in [2.75, 3.05) is 5.32 Å². The molecule has 2 aromatic carbocycles. The Morgan fingerprint density at radius 2 is 1.88 bits per heavy atom. The van der Waals surface area contributed by atoms with Crippen molar-refractivity contribution in [1.82, 2.24) is 21.0 Å². The van der Waals surface area contributed by atoms with Gasteiger partial charge in [0.25, 0.3) is 5.91 Å². The topological polar surface area (TPSA) is 81.8 Å². The molecule has 7 heteroatoms. The predicted molar refractivity (Wildman–Crippen MR) is 107 cm³/mol. The molecule has 0 aliphatic heterocycles. The summed E-state index contributed by atoms with van der Waals surface area (Å²) in [5.41, 5.74) is 9.28. The Hall–Kier alpha value is -3.19. The van der Waals surface area contributed by atoms with Gasteiger partial charge >= 0.3 is 0 Å². The van der Waals surface area contributed by atoms with Crippen LogP contribution in [0.25, 0.3) is 11.3 Å². The van der Waals surface area contributed by atoms with E-state index >= 15 is 0 Å². The molecule has 0 saturated carbocycles. The van der Waals surface area contributed by atoms with Crippen molar-refractivity contribution < 1.29 is 4.79 Å². The monoisotopic (exact) mass is 365 g/mol. The number of nitrogens with one attached hydrogen (secondary N) is 4. The minimum Gasteiger partial charge on any atom is -0.331 e. The molecular weight excluding hydrogens is 346 g/mol. The Morgan fingerprint density at radius 3 is 2.65 bits per heavy atom. The van der Waals surface area contributed by atoms with Crippen molar-refractivity contribution in [3.8, 4) is 11.3 Å². The number of aromatic nitrogens is 2. The number of rotatable bonds is 4. The smallest absolute Gasteiger partial charge is 0.287 e. The summed E-state index contributed by atoms with van der Waals surface area (Å²) in [4.78, 5) is 12.2. The molecule has 0 atom stereocenters. The number of aromatic amines is 1. The first-order valence-electron chi connectivity index (χ1n) is 8.23. The highest BCUT2D eigenvalue weighted by atomic mass is 32.1. The lowest BCUT2D eigenvalue weighted by atomic mass is 10.1. The molecule has 3 rings (SSSR count). The highest BCUT2D eigenvalue weighted by molar-refractivity contribution is 7.80. The minimum absolute atomic E-state index is 0.300. The zero-order chi connectivity index (χ0) is 18.4. The second-order valence-electron chi connectivity index (χ2n) is 5.62. The molecule has 3 aromatic rings. The van der Waals surface area contributed by atoms with Crippen LogP contribution in [0.4, 0.5) is 5.69 Å². The van der Waals surface area contributed by atoms with E-state index in [1.165, 1.54) is 5.56 Å². The number of hydrazine groups is 1. The standard InChI is InChI=1S/C19H19N5OS/c1-2-13-7-6-10-15(11-13)20-19(26)24-23-18(25)17-12-16(21-22-17)14-8-4-3-5-9-14/h3-12H,2H2,1H3,(H,21,22)(H,23,25)(H2,20,24,26).